The zero-order valence-electron chi connectivity index (χ0n) is 21.6. The van der Waals surface area contributed by atoms with E-state index in [1.807, 2.05) is 40.9 Å². The van der Waals surface area contributed by atoms with Crippen LogP contribution in [-0.2, 0) is 0 Å². The molecule has 0 aliphatic carbocycles. The molecule has 1 unspecified atom stereocenters. The number of rotatable bonds is 7. The predicted octanol–water partition coefficient (Wildman–Crippen LogP) is 7.07. The van der Waals surface area contributed by atoms with Gasteiger partial charge in [-0.2, -0.15) is 0 Å². The number of nitrogens with zero attached hydrogens (tertiary/aromatic N) is 3. The zero-order valence-corrected chi connectivity index (χ0v) is 22.3. The Labute approximate surface area is 223 Å². The van der Waals surface area contributed by atoms with Crippen LogP contribution in [0.15, 0.2) is 72.6 Å². The first-order valence-corrected chi connectivity index (χ1v) is 13.5. The fourth-order valence-electron chi connectivity index (χ4n) is 5.08. The molecular weight excluding hydrogens is 481 g/mol. The largest absolute Gasteiger partial charge is 0.371 e. The van der Waals surface area contributed by atoms with E-state index >= 15 is 4.39 Å². The summed E-state index contributed by atoms with van der Waals surface area (Å²) in [6, 6.07) is 16.7. The van der Waals surface area contributed by atoms with Gasteiger partial charge in [-0.15, -0.1) is 0 Å². The van der Waals surface area contributed by atoms with Gasteiger partial charge in [0.25, 0.3) is 0 Å². The molecular formula is C32H33ClFN3. The van der Waals surface area contributed by atoms with Crippen molar-refractivity contribution in [3.05, 3.63) is 93.8 Å². The smallest absolute Gasteiger partial charge is 0.137 e. The summed E-state index contributed by atoms with van der Waals surface area (Å²) in [6.45, 7) is 11.0. The molecule has 5 heteroatoms. The molecule has 0 spiro atoms. The predicted molar refractivity (Wildman–Crippen MR) is 153 cm³/mol. The van der Waals surface area contributed by atoms with Gasteiger partial charge < -0.3 is 4.90 Å². The minimum atomic E-state index is -0.348. The van der Waals surface area contributed by atoms with E-state index in [4.69, 9.17) is 16.6 Å². The normalized spacial score (nSPS) is 16.8. The number of aromatic nitrogens is 2. The van der Waals surface area contributed by atoms with E-state index in [1.165, 1.54) is 31.0 Å². The van der Waals surface area contributed by atoms with Gasteiger partial charge >= 0.3 is 0 Å². The number of halogens is 2. The molecule has 0 N–H and O–H groups in total. The Bertz CT molecular complexity index is 1570. The number of allylic oxidation sites excluding steroid dienone is 2. The van der Waals surface area contributed by atoms with Gasteiger partial charge in [-0.1, -0.05) is 69.1 Å². The second-order valence-electron chi connectivity index (χ2n) is 10.0. The first-order valence-electron chi connectivity index (χ1n) is 13.1. The van der Waals surface area contributed by atoms with Crippen molar-refractivity contribution in [2.24, 2.45) is 5.92 Å². The number of hydrogen-bond acceptors (Lipinski definition) is 2. The Morgan fingerprint density at radius 1 is 1.19 bits per heavy atom. The molecule has 37 heavy (non-hydrogen) atoms. The number of fused-ring (bicyclic) bond motifs is 1. The van der Waals surface area contributed by atoms with Gasteiger partial charge in [0.1, 0.15) is 17.2 Å². The summed E-state index contributed by atoms with van der Waals surface area (Å²) in [6.07, 6.45) is 11.2. The van der Waals surface area contributed by atoms with Crippen molar-refractivity contribution in [1.82, 2.24) is 14.3 Å². The summed E-state index contributed by atoms with van der Waals surface area (Å²) in [4.78, 5) is 7.31. The molecule has 0 saturated carbocycles. The standard InChI is InChI=1S/C32H33ClFN3/c1-4-5-6-9-27(36-17-15-22(2)21-36)19-25-18-24(12-11-23(25)3)32-31(28-20-26(33)13-14-29(28)34)35-30-10-7-8-16-37(30)32/h7-14,16,18-20,22H,3-6,15,17,21H2,1-2H3/b25-19-,27-9+. The number of hydrogen-bond donors (Lipinski definition) is 0. The van der Waals surface area contributed by atoms with Gasteiger partial charge in [0, 0.05) is 41.1 Å². The van der Waals surface area contributed by atoms with Crippen LogP contribution in [-0.4, -0.2) is 27.4 Å². The highest BCUT2D eigenvalue weighted by Gasteiger charge is 2.21. The van der Waals surface area contributed by atoms with Crippen LogP contribution in [0.2, 0.25) is 5.02 Å². The lowest BCUT2D eigenvalue weighted by Crippen LogP contribution is -2.26. The summed E-state index contributed by atoms with van der Waals surface area (Å²) in [5, 5.41) is 2.49. The molecule has 5 rings (SSSR count). The van der Waals surface area contributed by atoms with E-state index in [0.29, 0.717) is 22.2 Å². The number of benzene rings is 2. The molecule has 2 aromatic heterocycles. The van der Waals surface area contributed by atoms with Gasteiger partial charge in [0.15, 0.2) is 0 Å². The number of imidazole rings is 1. The van der Waals surface area contributed by atoms with Crippen molar-refractivity contribution in [1.29, 1.82) is 0 Å². The summed E-state index contributed by atoms with van der Waals surface area (Å²) >= 11 is 6.27. The Balaban J connectivity index is 1.68. The lowest BCUT2D eigenvalue weighted by Gasteiger charge is -2.20. The lowest BCUT2D eigenvalue weighted by molar-refractivity contribution is 0.426. The third kappa shape index (κ3) is 5.35. The van der Waals surface area contributed by atoms with E-state index < -0.39 is 0 Å². The van der Waals surface area contributed by atoms with Crippen LogP contribution < -0.4 is 10.4 Å². The average molecular weight is 514 g/mol. The van der Waals surface area contributed by atoms with Crippen LogP contribution in [0.5, 0.6) is 0 Å². The van der Waals surface area contributed by atoms with Crippen LogP contribution in [0, 0.1) is 11.7 Å². The van der Waals surface area contributed by atoms with E-state index in [2.05, 4.69) is 43.5 Å². The van der Waals surface area contributed by atoms with Crippen molar-refractivity contribution in [3.8, 4) is 22.5 Å². The van der Waals surface area contributed by atoms with Crippen LogP contribution in [0.4, 0.5) is 4.39 Å². The first-order chi connectivity index (χ1) is 17.9. The molecule has 1 aliphatic rings. The number of likely N-dealkylation sites (tertiary alicyclic amines) is 1. The minimum Gasteiger partial charge on any atom is -0.371 e. The molecule has 0 bridgehead atoms. The number of pyridine rings is 1. The molecule has 0 amide bonds. The van der Waals surface area contributed by atoms with Crippen molar-refractivity contribution < 1.29 is 4.39 Å². The van der Waals surface area contributed by atoms with Gasteiger partial charge in [0.05, 0.1) is 5.69 Å². The third-order valence-corrected chi connectivity index (χ3v) is 7.37. The van der Waals surface area contributed by atoms with E-state index in [-0.39, 0.29) is 5.82 Å². The monoisotopic (exact) mass is 513 g/mol. The van der Waals surface area contributed by atoms with Crippen LogP contribution >= 0.6 is 11.6 Å². The SMILES string of the molecule is C=c1ccc(-c2c(-c3cc(Cl)ccc3F)nc3ccccn23)c/c1=C/C(=C\CCCC)N1CCC(C)C1. The maximum Gasteiger partial charge on any atom is 0.137 e. The average Bonchev–Trinajstić information content (AvgIpc) is 3.50. The fraction of sp³-hybridized carbons (Fsp3) is 0.281. The van der Waals surface area contributed by atoms with Gasteiger partial charge in [-0.05, 0) is 71.7 Å². The van der Waals surface area contributed by atoms with Gasteiger partial charge in [0.2, 0.25) is 0 Å². The van der Waals surface area contributed by atoms with E-state index in [9.17, 15) is 0 Å². The second kappa shape index (κ2) is 10.9. The summed E-state index contributed by atoms with van der Waals surface area (Å²) in [5.41, 5.74) is 4.76. The Hall–Kier alpha value is -3.37. The van der Waals surface area contributed by atoms with Crippen molar-refractivity contribution in [2.75, 3.05) is 13.1 Å². The Morgan fingerprint density at radius 2 is 2.05 bits per heavy atom. The van der Waals surface area contributed by atoms with Crippen molar-refractivity contribution in [3.63, 3.8) is 0 Å². The third-order valence-electron chi connectivity index (χ3n) is 7.14. The van der Waals surface area contributed by atoms with Crippen molar-refractivity contribution >= 4 is 29.9 Å². The quantitative estimate of drug-likeness (QED) is 0.246. The van der Waals surface area contributed by atoms with E-state index in [1.54, 1.807) is 12.1 Å². The molecule has 3 heterocycles. The molecule has 2 aromatic carbocycles. The molecule has 0 radical (unpaired) electrons. The van der Waals surface area contributed by atoms with Gasteiger partial charge in [-0.3, -0.25) is 4.40 Å². The second-order valence-corrected chi connectivity index (χ2v) is 10.5. The fourth-order valence-corrected chi connectivity index (χ4v) is 5.25. The highest BCUT2D eigenvalue weighted by atomic mass is 35.5. The molecule has 1 saturated heterocycles. The maximum atomic E-state index is 15.0. The van der Waals surface area contributed by atoms with E-state index in [0.717, 1.165) is 46.9 Å². The number of unbranched alkanes of at least 4 members (excludes halogenated alkanes) is 2. The summed E-state index contributed by atoms with van der Waals surface area (Å²) in [7, 11) is 0. The molecule has 4 aromatic rings. The Kier molecular flexibility index (Phi) is 7.48. The molecule has 1 atom stereocenters. The topological polar surface area (TPSA) is 20.5 Å². The van der Waals surface area contributed by atoms with Crippen molar-refractivity contribution in [2.45, 2.75) is 39.5 Å². The highest BCUT2D eigenvalue weighted by molar-refractivity contribution is 6.30. The first kappa shape index (κ1) is 25.3. The highest BCUT2D eigenvalue weighted by Crippen LogP contribution is 2.34. The molecule has 3 nitrogen and oxygen atoms in total. The van der Waals surface area contributed by atoms with Gasteiger partial charge in [-0.25, -0.2) is 9.37 Å². The van der Waals surface area contributed by atoms with Crippen LogP contribution in [0.3, 0.4) is 0 Å². The molecule has 1 aliphatic heterocycles. The van der Waals surface area contributed by atoms with Crippen LogP contribution in [0.25, 0.3) is 40.8 Å². The molecule has 1 fully saturated rings. The summed E-state index contributed by atoms with van der Waals surface area (Å²) in [5.74, 6) is 0.348. The van der Waals surface area contributed by atoms with Crippen LogP contribution in [0.1, 0.15) is 39.5 Å². The lowest BCUT2D eigenvalue weighted by atomic mass is 10.0. The Morgan fingerprint density at radius 3 is 2.84 bits per heavy atom. The molecule has 190 valence electrons. The summed E-state index contributed by atoms with van der Waals surface area (Å²) < 4.78 is 17.0. The zero-order chi connectivity index (χ0) is 25.9. The minimum absolute atomic E-state index is 0.348. The maximum absolute atomic E-state index is 15.0.